The van der Waals surface area contributed by atoms with Gasteiger partial charge in [0.25, 0.3) is 5.56 Å². The molecule has 0 saturated heterocycles. The Morgan fingerprint density at radius 2 is 1.96 bits per heavy atom. The predicted octanol–water partition coefficient (Wildman–Crippen LogP) is 1.70. The molecule has 2 rings (SSSR count). The van der Waals surface area contributed by atoms with Crippen molar-refractivity contribution in [3.05, 3.63) is 52.2 Å². The lowest BCUT2D eigenvalue weighted by atomic mass is 10.3. The second kappa shape index (κ2) is 8.21. The number of aryl methyl sites for hydroxylation is 1. The average molecular weight is 397 g/mol. The largest absolute Gasteiger partial charge is 0.494 e. The fraction of sp³-hybridized carbons (Fsp3) is 0.294. The van der Waals surface area contributed by atoms with Gasteiger partial charge >= 0.3 is 0 Å². The molecule has 0 bridgehead atoms. The molecule has 0 radical (unpaired) electrons. The van der Waals surface area contributed by atoms with Crippen molar-refractivity contribution < 1.29 is 22.3 Å². The van der Waals surface area contributed by atoms with Gasteiger partial charge in [0, 0.05) is 17.4 Å². The number of nitrogens with one attached hydrogen (secondary N) is 2. The second-order valence-corrected chi connectivity index (χ2v) is 7.69. The summed E-state index contributed by atoms with van der Waals surface area (Å²) < 4.78 is 45.2. The van der Waals surface area contributed by atoms with Gasteiger partial charge in [0.05, 0.1) is 12.9 Å². The Labute approximate surface area is 156 Å². The molecule has 0 saturated carbocycles. The minimum atomic E-state index is -3.63. The zero-order valence-electron chi connectivity index (χ0n) is 15.1. The summed E-state index contributed by atoms with van der Waals surface area (Å²) in [5, 5.41) is 2.48. The summed E-state index contributed by atoms with van der Waals surface area (Å²) in [5.74, 6) is -1.36. The molecule has 1 aromatic heterocycles. The highest BCUT2D eigenvalue weighted by atomic mass is 32.2. The number of hydrogen-bond acceptors (Lipinski definition) is 5. The molecule has 146 valence electrons. The summed E-state index contributed by atoms with van der Waals surface area (Å²) in [6.07, 6.45) is 0. The number of carbonyl (C=O) groups excluding carboxylic acids is 1. The van der Waals surface area contributed by atoms with Gasteiger partial charge in [0.2, 0.25) is 15.9 Å². The first-order chi connectivity index (χ1) is 12.7. The van der Waals surface area contributed by atoms with Crippen LogP contribution >= 0.6 is 0 Å². The maximum atomic E-state index is 13.7. The molecule has 1 aromatic carbocycles. The Morgan fingerprint density at radius 3 is 2.56 bits per heavy atom. The number of benzene rings is 1. The minimum absolute atomic E-state index is 0.0379. The maximum absolute atomic E-state index is 13.7. The fourth-order valence-corrected chi connectivity index (χ4v) is 2.91. The zero-order chi connectivity index (χ0) is 20.2. The van der Waals surface area contributed by atoms with E-state index in [2.05, 4.69) is 10.0 Å². The number of nitrogens with zero attached hydrogens (tertiary/aromatic N) is 1. The number of sulfonamides is 1. The number of anilines is 2. The number of pyridine rings is 1. The van der Waals surface area contributed by atoms with Gasteiger partial charge in [0.15, 0.2) is 11.6 Å². The third-order valence-corrected chi connectivity index (χ3v) is 5.07. The van der Waals surface area contributed by atoms with E-state index in [-0.39, 0.29) is 29.4 Å². The molecule has 0 unspecified atom stereocenters. The van der Waals surface area contributed by atoms with E-state index in [0.717, 1.165) is 10.6 Å². The van der Waals surface area contributed by atoms with E-state index in [0.29, 0.717) is 5.69 Å². The number of methoxy groups -OCH3 is 1. The molecule has 0 aliphatic carbocycles. The predicted molar refractivity (Wildman–Crippen MR) is 100 cm³/mol. The highest BCUT2D eigenvalue weighted by Crippen LogP contribution is 2.20. The average Bonchev–Trinajstić information content (AvgIpc) is 2.61. The Hall–Kier alpha value is -2.88. The lowest BCUT2D eigenvalue weighted by molar-refractivity contribution is -0.116. The van der Waals surface area contributed by atoms with Crippen LogP contribution in [0.1, 0.15) is 12.6 Å². The highest BCUT2D eigenvalue weighted by molar-refractivity contribution is 7.92. The van der Waals surface area contributed by atoms with Crippen LogP contribution in [0.25, 0.3) is 0 Å². The topological polar surface area (TPSA) is 106 Å². The monoisotopic (exact) mass is 397 g/mol. The van der Waals surface area contributed by atoms with Crippen molar-refractivity contribution in [3.63, 3.8) is 0 Å². The first-order valence-electron chi connectivity index (χ1n) is 8.01. The molecule has 0 fully saturated rings. The Morgan fingerprint density at radius 1 is 1.26 bits per heavy atom. The van der Waals surface area contributed by atoms with Crippen molar-refractivity contribution in [1.29, 1.82) is 0 Å². The molecule has 10 heteroatoms. The molecule has 1 amide bonds. The van der Waals surface area contributed by atoms with Crippen LogP contribution < -0.4 is 20.3 Å². The van der Waals surface area contributed by atoms with Gasteiger partial charge in [-0.2, -0.15) is 0 Å². The van der Waals surface area contributed by atoms with Gasteiger partial charge in [-0.05, 0) is 38.1 Å². The summed E-state index contributed by atoms with van der Waals surface area (Å²) in [7, 11) is -2.31. The summed E-state index contributed by atoms with van der Waals surface area (Å²) in [6, 6.07) is 6.79. The molecule has 27 heavy (non-hydrogen) atoms. The molecule has 0 atom stereocenters. The molecule has 0 aliphatic rings. The summed E-state index contributed by atoms with van der Waals surface area (Å²) >= 11 is 0. The quantitative estimate of drug-likeness (QED) is 0.740. The fourth-order valence-electron chi connectivity index (χ4n) is 2.27. The van der Waals surface area contributed by atoms with Crippen molar-refractivity contribution >= 4 is 27.3 Å². The van der Waals surface area contributed by atoms with E-state index >= 15 is 0 Å². The van der Waals surface area contributed by atoms with Gasteiger partial charge < -0.3 is 14.6 Å². The normalized spacial score (nSPS) is 11.1. The van der Waals surface area contributed by atoms with E-state index in [4.69, 9.17) is 4.74 Å². The van der Waals surface area contributed by atoms with Crippen LogP contribution in [0.15, 0.2) is 35.1 Å². The third kappa shape index (κ3) is 5.07. The maximum Gasteiger partial charge on any atom is 0.275 e. The van der Waals surface area contributed by atoms with E-state index in [1.807, 2.05) is 0 Å². The standard InChI is InChI=1S/C17H20FN3O5S/c1-4-27(24,25)20-14-7-5-11(2)21(17(14)23)10-16(22)19-12-6-8-15(26-3)13(18)9-12/h5-9,20H,4,10H2,1-3H3,(H,19,22). The van der Waals surface area contributed by atoms with Gasteiger partial charge in [0.1, 0.15) is 12.2 Å². The van der Waals surface area contributed by atoms with E-state index in [9.17, 15) is 22.4 Å². The molecule has 1 heterocycles. The van der Waals surface area contributed by atoms with Crippen LogP contribution in [0.3, 0.4) is 0 Å². The SMILES string of the molecule is CCS(=O)(=O)Nc1ccc(C)n(CC(=O)Nc2ccc(OC)c(F)c2)c1=O. The number of carbonyl (C=O) groups is 1. The van der Waals surface area contributed by atoms with Crippen LogP contribution in [-0.4, -0.2) is 31.8 Å². The van der Waals surface area contributed by atoms with Crippen molar-refractivity contribution in [3.8, 4) is 5.75 Å². The number of rotatable bonds is 7. The van der Waals surface area contributed by atoms with Crippen LogP contribution in [0.4, 0.5) is 15.8 Å². The number of halogens is 1. The molecular formula is C17H20FN3O5S. The number of ether oxygens (including phenoxy) is 1. The van der Waals surface area contributed by atoms with Gasteiger partial charge in [-0.1, -0.05) is 0 Å². The minimum Gasteiger partial charge on any atom is -0.494 e. The first kappa shape index (κ1) is 20.4. The lowest BCUT2D eigenvalue weighted by Gasteiger charge is -2.13. The molecule has 2 N–H and O–H groups in total. The Kier molecular flexibility index (Phi) is 6.21. The van der Waals surface area contributed by atoms with Crippen LogP contribution in [0, 0.1) is 12.7 Å². The molecule has 2 aromatic rings. The summed E-state index contributed by atoms with van der Waals surface area (Å²) in [6.45, 7) is 2.69. The molecule has 0 aliphatic heterocycles. The number of amides is 1. The van der Waals surface area contributed by atoms with Gasteiger partial charge in [-0.3, -0.25) is 14.3 Å². The summed E-state index contributed by atoms with van der Waals surface area (Å²) in [4.78, 5) is 24.7. The molecule has 8 nitrogen and oxygen atoms in total. The lowest BCUT2D eigenvalue weighted by Crippen LogP contribution is -2.32. The van der Waals surface area contributed by atoms with Crippen molar-refractivity contribution in [2.45, 2.75) is 20.4 Å². The molecule has 0 spiro atoms. The van der Waals surface area contributed by atoms with E-state index in [1.54, 1.807) is 6.92 Å². The van der Waals surface area contributed by atoms with E-state index in [1.165, 1.54) is 38.3 Å². The van der Waals surface area contributed by atoms with Crippen LogP contribution in [0.5, 0.6) is 5.75 Å². The second-order valence-electron chi connectivity index (χ2n) is 5.68. The number of hydrogen-bond donors (Lipinski definition) is 2. The van der Waals surface area contributed by atoms with Crippen LogP contribution in [0.2, 0.25) is 0 Å². The third-order valence-electron chi connectivity index (χ3n) is 3.78. The van der Waals surface area contributed by atoms with Crippen LogP contribution in [-0.2, 0) is 21.4 Å². The summed E-state index contributed by atoms with van der Waals surface area (Å²) in [5.41, 5.74) is -0.129. The Bertz CT molecular complexity index is 1020. The van der Waals surface area contributed by atoms with E-state index < -0.39 is 27.3 Å². The van der Waals surface area contributed by atoms with Gasteiger partial charge in [-0.15, -0.1) is 0 Å². The van der Waals surface area contributed by atoms with Crippen molar-refractivity contribution in [2.75, 3.05) is 22.9 Å². The first-order valence-corrected chi connectivity index (χ1v) is 9.66. The van der Waals surface area contributed by atoms with Gasteiger partial charge in [-0.25, -0.2) is 12.8 Å². The van der Waals surface area contributed by atoms with Crippen molar-refractivity contribution in [1.82, 2.24) is 4.57 Å². The van der Waals surface area contributed by atoms with Crippen molar-refractivity contribution in [2.24, 2.45) is 0 Å². The molecular weight excluding hydrogens is 377 g/mol. The number of aromatic nitrogens is 1. The Balaban J connectivity index is 2.22. The highest BCUT2D eigenvalue weighted by Gasteiger charge is 2.15. The smallest absolute Gasteiger partial charge is 0.275 e. The zero-order valence-corrected chi connectivity index (χ0v) is 15.9.